The van der Waals surface area contributed by atoms with Gasteiger partial charge in [0.1, 0.15) is 0 Å². The molecule has 2 heteroatoms. The topological polar surface area (TPSA) is 23.1 Å². The fourth-order valence-electron chi connectivity index (χ4n) is 2.80. The van der Waals surface area contributed by atoms with E-state index in [1.165, 1.54) is 83.5 Å². The van der Waals surface area contributed by atoms with Crippen molar-refractivity contribution in [2.24, 2.45) is 0 Å². The summed E-state index contributed by atoms with van der Waals surface area (Å²) in [6, 6.07) is 0. The summed E-state index contributed by atoms with van der Waals surface area (Å²) in [4.78, 5) is 0. The highest BCUT2D eigenvalue weighted by Crippen LogP contribution is 2.13. The van der Waals surface area contributed by atoms with Crippen LogP contribution in [0, 0.1) is 5.21 Å². The minimum Gasteiger partial charge on any atom is -0.633 e. The Bertz CT molecular complexity index is 204. The van der Waals surface area contributed by atoms with E-state index < -0.39 is 0 Å². The van der Waals surface area contributed by atoms with E-state index in [-0.39, 0.29) is 4.65 Å². The van der Waals surface area contributed by atoms with E-state index >= 15 is 0 Å². The van der Waals surface area contributed by atoms with Gasteiger partial charge in [-0.05, 0) is 19.8 Å². The molecule has 128 valence electrons. The Kier molecular flexibility index (Phi) is 14.8. The quantitative estimate of drug-likeness (QED) is 0.183. The van der Waals surface area contributed by atoms with Gasteiger partial charge in [0.15, 0.2) is 0 Å². The molecule has 1 atom stereocenters. The van der Waals surface area contributed by atoms with Crippen LogP contribution in [0.25, 0.3) is 0 Å². The fraction of sp³-hybridized carbons (Fsp3) is 1.00. The van der Waals surface area contributed by atoms with Crippen LogP contribution in [-0.4, -0.2) is 24.8 Å². The Morgan fingerprint density at radius 3 is 1.24 bits per heavy atom. The Hall–Kier alpha value is -0.0800. The number of nitrogens with zero attached hydrogens (tertiary/aromatic N) is 1. The lowest BCUT2D eigenvalue weighted by atomic mass is 10.0. The van der Waals surface area contributed by atoms with Crippen molar-refractivity contribution in [2.45, 2.75) is 104 Å². The Balaban J connectivity index is 3.06. The molecular weight excluding hydrogens is 258 g/mol. The van der Waals surface area contributed by atoms with Crippen LogP contribution in [0.15, 0.2) is 0 Å². The molecule has 0 aliphatic rings. The van der Waals surface area contributed by atoms with E-state index in [0.29, 0.717) is 6.54 Å². The van der Waals surface area contributed by atoms with E-state index in [2.05, 4.69) is 6.92 Å². The molecule has 0 amide bonds. The van der Waals surface area contributed by atoms with Gasteiger partial charge in [-0.3, -0.25) is 0 Å². The third kappa shape index (κ3) is 16.1. The number of rotatable bonds is 16. The number of hydroxylamine groups is 3. The summed E-state index contributed by atoms with van der Waals surface area (Å²) >= 11 is 0. The molecule has 0 fully saturated rings. The molecule has 0 rings (SSSR count). The van der Waals surface area contributed by atoms with E-state index in [9.17, 15) is 5.21 Å². The van der Waals surface area contributed by atoms with Gasteiger partial charge in [0.25, 0.3) is 0 Å². The maximum absolute atomic E-state index is 11.7. The summed E-state index contributed by atoms with van der Waals surface area (Å²) in [6.07, 6.45) is 19.3. The van der Waals surface area contributed by atoms with Crippen LogP contribution in [0.5, 0.6) is 0 Å². The number of unbranched alkanes of at least 4 members (excludes halogenated alkanes) is 13. The highest BCUT2D eigenvalue weighted by molar-refractivity contribution is 4.49. The van der Waals surface area contributed by atoms with Gasteiger partial charge in [0.05, 0.1) is 20.1 Å². The lowest BCUT2D eigenvalue weighted by Gasteiger charge is -2.37. The first-order valence-corrected chi connectivity index (χ1v) is 9.68. The monoisotopic (exact) mass is 299 g/mol. The Morgan fingerprint density at radius 2 is 0.905 bits per heavy atom. The van der Waals surface area contributed by atoms with Crippen LogP contribution in [0.1, 0.15) is 104 Å². The zero-order valence-electron chi connectivity index (χ0n) is 15.2. The Labute approximate surface area is 134 Å². The maximum Gasteiger partial charge on any atom is 0.0781 e. The van der Waals surface area contributed by atoms with Crippen molar-refractivity contribution in [1.29, 1.82) is 0 Å². The molecule has 0 aliphatic heterocycles. The molecule has 0 aromatic heterocycles. The van der Waals surface area contributed by atoms with Crippen molar-refractivity contribution in [3.8, 4) is 0 Å². The first-order valence-electron chi connectivity index (χ1n) is 9.68. The standard InChI is InChI=1S/C19H41NO/c1-4-6-7-8-9-10-11-12-13-14-15-16-17-18-19-20(3,21)5-2/h4-19H2,1-3H3. The number of quaternary nitrogens is 1. The third-order valence-corrected chi connectivity index (χ3v) is 4.65. The summed E-state index contributed by atoms with van der Waals surface area (Å²) in [5, 5.41) is 11.7. The van der Waals surface area contributed by atoms with Gasteiger partial charge < -0.3 is 9.85 Å². The summed E-state index contributed by atoms with van der Waals surface area (Å²) in [5.74, 6) is 0. The van der Waals surface area contributed by atoms with Crippen LogP contribution in [-0.2, 0) is 0 Å². The van der Waals surface area contributed by atoms with Crippen molar-refractivity contribution in [3.05, 3.63) is 5.21 Å². The molecule has 0 aromatic rings. The normalized spacial score (nSPS) is 14.3. The van der Waals surface area contributed by atoms with Gasteiger partial charge in [0, 0.05) is 0 Å². The van der Waals surface area contributed by atoms with Crippen molar-refractivity contribution in [1.82, 2.24) is 0 Å². The second-order valence-electron chi connectivity index (χ2n) is 6.93. The van der Waals surface area contributed by atoms with Gasteiger partial charge in [0.2, 0.25) is 0 Å². The summed E-state index contributed by atoms with van der Waals surface area (Å²) in [7, 11) is 1.79. The SMILES string of the molecule is CCCCCCCCCCCCCCCC[N+](C)([O-])CC. The number of hydrogen-bond acceptors (Lipinski definition) is 1. The summed E-state index contributed by atoms with van der Waals surface area (Å²) in [6.45, 7) is 5.77. The first-order chi connectivity index (χ1) is 10.1. The van der Waals surface area contributed by atoms with E-state index in [0.717, 1.165) is 13.0 Å². The van der Waals surface area contributed by atoms with Crippen LogP contribution >= 0.6 is 0 Å². The highest BCUT2D eigenvalue weighted by Gasteiger charge is 2.05. The van der Waals surface area contributed by atoms with E-state index in [4.69, 9.17) is 0 Å². The molecular formula is C19H41NO. The lowest BCUT2D eigenvalue weighted by Crippen LogP contribution is -2.37. The fourth-order valence-corrected chi connectivity index (χ4v) is 2.80. The predicted octanol–water partition coefficient (Wildman–Crippen LogP) is 6.43. The molecule has 0 heterocycles. The molecule has 21 heavy (non-hydrogen) atoms. The van der Waals surface area contributed by atoms with E-state index in [1.54, 1.807) is 7.05 Å². The molecule has 0 saturated heterocycles. The van der Waals surface area contributed by atoms with Gasteiger partial charge in [-0.1, -0.05) is 84.0 Å². The summed E-state index contributed by atoms with van der Waals surface area (Å²) in [5.41, 5.74) is 0. The molecule has 0 radical (unpaired) electrons. The van der Waals surface area contributed by atoms with Gasteiger partial charge in [-0.15, -0.1) is 0 Å². The average molecular weight is 300 g/mol. The van der Waals surface area contributed by atoms with Crippen LogP contribution < -0.4 is 0 Å². The zero-order chi connectivity index (χ0) is 15.8. The average Bonchev–Trinajstić information content (AvgIpc) is 2.47. The zero-order valence-corrected chi connectivity index (χ0v) is 15.2. The van der Waals surface area contributed by atoms with Crippen LogP contribution in [0.3, 0.4) is 0 Å². The minimum atomic E-state index is -0.0573. The van der Waals surface area contributed by atoms with Gasteiger partial charge in [-0.25, -0.2) is 0 Å². The lowest BCUT2D eigenvalue weighted by molar-refractivity contribution is -0.859. The highest BCUT2D eigenvalue weighted by atomic mass is 16.5. The van der Waals surface area contributed by atoms with Crippen LogP contribution in [0.4, 0.5) is 0 Å². The molecule has 1 unspecified atom stereocenters. The molecule has 2 nitrogen and oxygen atoms in total. The smallest absolute Gasteiger partial charge is 0.0781 e. The van der Waals surface area contributed by atoms with E-state index in [1.807, 2.05) is 6.92 Å². The molecule has 0 N–H and O–H groups in total. The second kappa shape index (κ2) is 14.8. The predicted molar refractivity (Wildman–Crippen MR) is 95.3 cm³/mol. The first kappa shape index (κ1) is 20.9. The van der Waals surface area contributed by atoms with Gasteiger partial charge >= 0.3 is 0 Å². The molecule has 0 saturated carbocycles. The van der Waals surface area contributed by atoms with Crippen LogP contribution in [0.2, 0.25) is 0 Å². The minimum absolute atomic E-state index is 0.0573. The van der Waals surface area contributed by atoms with Crippen molar-refractivity contribution >= 4 is 0 Å². The largest absolute Gasteiger partial charge is 0.633 e. The Morgan fingerprint density at radius 1 is 0.571 bits per heavy atom. The van der Waals surface area contributed by atoms with Crippen molar-refractivity contribution in [3.63, 3.8) is 0 Å². The van der Waals surface area contributed by atoms with Gasteiger partial charge in [-0.2, -0.15) is 0 Å². The van der Waals surface area contributed by atoms with Crippen molar-refractivity contribution < 1.29 is 4.65 Å². The maximum atomic E-state index is 11.7. The molecule has 0 aromatic carbocycles. The molecule has 0 spiro atoms. The molecule has 0 aliphatic carbocycles. The second-order valence-corrected chi connectivity index (χ2v) is 6.93. The van der Waals surface area contributed by atoms with Crippen molar-refractivity contribution in [2.75, 3.05) is 20.1 Å². The summed E-state index contributed by atoms with van der Waals surface area (Å²) < 4.78 is -0.0573. The number of hydrogen-bond donors (Lipinski definition) is 0. The third-order valence-electron chi connectivity index (χ3n) is 4.65. The molecule has 0 bridgehead atoms.